The Hall–Kier alpha value is -3.07. The van der Waals surface area contributed by atoms with E-state index in [-0.39, 0.29) is 0 Å². The van der Waals surface area contributed by atoms with E-state index in [4.69, 9.17) is 9.84 Å². The quantitative estimate of drug-likeness (QED) is 0.443. The van der Waals surface area contributed by atoms with Gasteiger partial charge in [-0.25, -0.2) is 4.68 Å². The third-order valence-corrected chi connectivity index (χ3v) is 6.24. The van der Waals surface area contributed by atoms with E-state index in [0.717, 1.165) is 48.4 Å². The highest BCUT2D eigenvalue weighted by atomic mass is 16.5. The molecule has 4 rings (SSSR count). The predicted octanol–water partition coefficient (Wildman–Crippen LogP) is 7.19. The highest BCUT2D eigenvalue weighted by molar-refractivity contribution is 5.85. The number of aryl methyl sites for hydroxylation is 2. The Labute approximate surface area is 186 Å². The first-order chi connectivity index (χ1) is 15.0. The normalized spacial score (nSPS) is 15.3. The van der Waals surface area contributed by atoms with E-state index >= 15 is 0 Å². The minimum absolute atomic E-state index is 0.876. The lowest BCUT2D eigenvalue weighted by atomic mass is 9.88. The Kier molecular flexibility index (Phi) is 6.13. The molecule has 3 nitrogen and oxygen atoms in total. The van der Waals surface area contributed by atoms with Gasteiger partial charge in [-0.05, 0) is 93.0 Å². The van der Waals surface area contributed by atoms with E-state index in [9.17, 15) is 0 Å². The van der Waals surface area contributed by atoms with Gasteiger partial charge < -0.3 is 4.74 Å². The monoisotopic (exact) mass is 412 g/mol. The average molecular weight is 413 g/mol. The lowest BCUT2D eigenvalue weighted by molar-refractivity contribution is 0.414. The Morgan fingerprint density at radius 1 is 1.10 bits per heavy atom. The summed E-state index contributed by atoms with van der Waals surface area (Å²) in [5.41, 5.74) is 11.3. The first-order valence-corrected chi connectivity index (χ1v) is 11.3. The van der Waals surface area contributed by atoms with Crippen LogP contribution in [-0.2, 0) is 6.42 Å². The number of hydrogen-bond donors (Lipinski definition) is 0. The molecule has 1 aliphatic rings. The lowest BCUT2D eigenvalue weighted by Gasteiger charge is -2.19. The topological polar surface area (TPSA) is 27.1 Å². The molecule has 0 fully saturated rings. The zero-order valence-electron chi connectivity index (χ0n) is 19.3. The summed E-state index contributed by atoms with van der Waals surface area (Å²) in [6, 6.07) is 15.0. The molecule has 160 valence electrons. The number of methoxy groups -OCH3 is 1. The molecule has 0 atom stereocenters. The van der Waals surface area contributed by atoms with Crippen LogP contribution in [0, 0.1) is 13.8 Å². The second-order valence-electron chi connectivity index (χ2n) is 8.34. The standard InChI is InChI=1S/C28H32N2O/c1-6-22(7-2)27-25-10-8-9-23(18-21-13-11-19(3)12-14-21)28(25)30(29-27)26-16-15-24(31-5)17-20(26)4/h6,11-18H,7-10H2,1-5H3/b22-6-,23-18+. The molecular formula is C28H32N2O. The third-order valence-electron chi connectivity index (χ3n) is 6.24. The molecule has 2 aromatic carbocycles. The second kappa shape index (κ2) is 8.97. The Bertz CT molecular complexity index is 1150. The van der Waals surface area contributed by atoms with Crippen molar-refractivity contribution < 1.29 is 4.74 Å². The molecule has 1 aliphatic carbocycles. The van der Waals surface area contributed by atoms with Crippen molar-refractivity contribution in [2.75, 3.05) is 7.11 Å². The van der Waals surface area contributed by atoms with Crippen molar-refractivity contribution in [1.29, 1.82) is 0 Å². The van der Waals surface area contributed by atoms with E-state index < -0.39 is 0 Å². The van der Waals surface area contributed by atoms with Crippen molar-refractivity contribution >= 4 is 17.2 Å². The van der Waals surface area contributed by atoms with Gasteiger partial charge in [0, 0.05) is 5.56 Å². The molecule has 0 N–H and O–H groups in total. The molecule has 0 amide bonds. The summed E-state index contributed by atoms with van der Waals surface area (Å²) in [7, 11) is 1.71. The Morgan fingerprint density at radius 3 is 2.52 bits per heavy atom. The lowest BCUT2D eigenvalue weighted by Crippen LogP contribution is -2.08. The fourth-order valence-corrected chi connectivity index (χ4v) is 4.53. The van der Waals surface area contributed by atoms with E-state index in [1.54, 1.807) is 7.11 Å². The van der Waals surface area contributed by atoms with E-state index in [1.165, 1.54) is 33.5 Å². The van der Waals surface area contributed by atoms with Crippen LogP contribution in [-0.4, -0.2) is 16.9 Å². The van der Waals surface area contributed by atoms with Crippen molar-refractivity contribution in [1.82, 2.24) is 9.78 Å². The molecule has 0 unspecified atom stereocenters. The molecule has 0 saturated heterocycles. The molecule has 31 heavy (non-hydrogen) atoms. The number of benzene rings is 2. The van der Waals surface area contributed by atoms with Crippen molar-refractivity contribution in [2.24, 2.45) is 0 Å². The number of nitrogens with zero attached hydrogens (tertiary/aromatic N) is 2. The zero-order chi connectivity index (χ0) is 22.0. The maximum absolute atomic E-state index is 5.44. The molecule has 0 radical (unpaired) electrons. The van der Waals surface area contributed by atoms with Gasteiger partial charge in [-0.15, -0.1) is 0 Å². The van der Waals surface area contributed by atoms with E-state index in [1.807, 2.05) is 6.07 Å². The van der Waals surface area contributed by atoms with Gasteiger partial charge in [0.25, 0.3) is 0 Å². The SMILES string of the molecule is C/C=C(/CC)c1nn(-c2ccc(OC)cc2C)c2c1CCC/C2=C\c1ccc(C)cc1. The fourth-order valence-electron chi connectivity index (χ4n) is 4.53. The molecular weight excluding hydrogens is 380 g/mol. The van der Waals surface area contributed by atoms with Crippen LogP contribution in [0.15, 0.2) is 48.5 Å². The van der Waals surface area contributed by atoms with Gasteiger partial charge in [-0.3, -0.25) is 0 Å². The number of rotatable bonds is 5. The first-order valence-electron chi connectivity index (χ1n) is 11.3. The van der Waals surface area contributed by atoms with Crippen LogP contribution >= 0.6 is 0 Å². The van der Waals surface area contributed by atoms with Gasteiger partial charge in [0.2, 0.25) is 0 Å². The fraction of sp³-hybridized carbons (Fsp3) is 0.321. The van der Waals surface area contributed by atoms with Gasteiger partial charge in [-0.2, -0.15) is 5.10 Å². The highest BCUT2D eigenvalue weighted by Crippen LogP contribution is 2.39. The first kappa shape index (κ1) is 21.2. The number of hydrogen-bond acceptors (Lipinski definition) is 2. The van der Waals surface area contributed by atoms with Gasteiger partial charge >= 0.3 is 0 Å². The molecule has 3 aromatic rings. The largest absolute Gasteiger partial charge is 0.497 e. The second-order valence-corrected chi connectivity index (χ2v) is 8.34. The van der Waals surface area contributed by atoms with Crippen molar-refractivity contribution in [2.45, 2.75) is 53.4 Å². The predicted molar refractivity (Wildman–Crippen MR) is 131 cm³/mol. The average Bonchev–Trinajstić information content (AvgIpc) is 3.16. The number of fused-ring (bicyclic) bond motifs is 1. The summed E-state index contributed by atoms with van der Waals surface area (Å²) in [4.78, 5) is 0. The summed E-state index contributed by atoms with van der Waals surface area (Å²) in [6.45, 7) is 8.60. The van der Waals surface area contributed by atoms with Crippen molar-refractivity contribution in [3.8, 4) is 11.4 Å². The summed E-state index contributed by atoms with van der Waals surface area (Å²) in [5.74, 6) is 0.876. The van der Waals surface area contributed by atoms with Crippen LogP contribution in [0.5, 0.6) is 5.75 Å². The van der Waals surface area contributed by atoms with Crippen LogP contribution in [0.1, 0.15) is 66.8 Å². The Balaban J connectivity index is 1.94. The summed E-state index contributed by atoms with van der Waals surface area (Å²) in [5, 5.41) is 5.19. The minimum Gasteiger partial charge on any atom is -0.497 e. The summed E-state index contributed by atoms with van der Waals surface area (Å²) < 4.78 is 7.61. The molecule has 1 aromatic heterocycles. The number of ether oxygens (including phenoxy) is 1. The minimum atomic E-state index is 0.876. The summed E-state index contributed by atoms with van der Waals surface area (Å²) in [6.07, 6.45) is 8.84. The van der Waals surface area contributed by atoms with Gasteiger partial charge in [-0.1, -0.05) is 42.8 Å². The zero-order valence-corrected chi connectivity index (χ0v) is 19.3. The molecule has 0 bridgehead atoms. The molecule has 0 spiro atoms. The van der Waals surface area contributed by atoms with Gasteiger partial charge in [0.05, 0.1) is 24.2 Å². The Morgan fingerprint density at radius 2 is 1.87 bits per heavy atom. The van der Waals surface area contributed by atoms with Gasteiger partial charge in [0.1, 0.15) is 5.75 Å². The maximum atomic E-state index is 5.44. The van der Waals surface area contributed by atoms with Crippen molar-refractivity contribution in [3.05, 3.63) is 82.2 Å². The van der Waals surface area contributed by atoms with Crippen LogP contribution in [0.4, 0.5) is 0 Å². The van der Waals surface area contributed by atoms with Gasteiger partial charge in [0.15, 0.2) is 0 Å². The molecule has 3 heteroatoms. The molecule has 1 heterocycles. The van der Waals surface area contributed by atoms with Crippen molar-refractivity contribution in [3.63, 3.8) is 0 Å². The highest BCUT2D eigenvalue weighted by Gasteiger charge is 2.26. The third kappa shape index (κ3) is 4.10. The maximum Gasteiger partial charge on any atom is 0.119 e. The van der Waals surface area contributed by atoms with Crippen LogP contribution in [0.2, 0.25) is 0 Å². The van der Waals surface area contributed by atoms with Crippen LogP contribution in [0.25, 0.3) is 22.9 Å². The van der Waals surface area contributed by atoms with E-state index in [0.29, 0.717) is 0 Å². The summed E-state index contributed by atoms with van der Waals surface area (Å²) >= 11 is 0. The molecule has 0 saturated carbocycles. The van der Waals surface area contributed by atoms with Crippen LogP contribution in [0.3, 0.4) is 0 Å². The van der Waals surface area contributed by atoms with E-state index in [2.05, 4.69) is 80.9 Å². The molecule has 0 aliphatic heterocycles. The number of aromatic nitrogens is 2. The smallest absolute Gasteiger partial charge is 0.119 e. The number of allylic oxidation sites excluding steroid dienone is 3. The van der Waals surface area contributed by atoms with Crippen LogP contribution < -0.4 is 4.74 Å².